The van der Waals surface area contributed by atoms with Crippen LogP contribution in [0, 0.1) is 6.92 Å². The summed E-state index contributed by atoms with van der Waals surface area (Å²) in [4.78, 5) is 24.8. The summed E-state index contributed by atoms with van der Waals surface area (Å²) in [6.07, 6.45) is 0.877. The molecule has 2 aliphatic heterocycles. The fraction of sp³-hybridized carbons (Fsp3) is 0.333. The van der Waals surface area contributed by atoms with Crippen LogP contribution in [0.4, 0.5) is 5.69 Å². The van der Waals surface area contributed by atoms with Gasteiger partial charge in [-0.2, -0.15) is 4.31 Å². The monoisotopic (exact) mass is 446 g/mol. The first-order chi connectivity index (χ1) is 14.8. The molecule has 1 atom stereocenters. The number of amides is 1. The van der Waals surface area contributed by atoms with E-state index >= 15 is 0 Å². The van der Waals surface area contributed by atoms with Gasteiger partial charge in [0, 0.05) is 18.3 Å². The van der Waals surface area contributed by atoms with Gasteiger partial charge in [0.1, 0.15) is 6.04 Å². The molecule has 9 nitrogen and oxygen atoms in total. The molecule has 2 aromatic rings. The Morgan fingerprint density at radius 3 is 2.65 bits per heavy atom. The highest BCUT2D eigenvalue weighted by atomic mass is 32.2. The lowest BCUT2D eigenvalue weighted by Crippen LogP contribution is -2.42. The molecule has 0 spiro atoms. The van der Waals surface area contributed by atoms with E-state index in [2.05, 4.69) is 5.32 Å². The predicted octanol–water partition coefficient (Wildman–Crippen LogP) is 2.06. The Morgan fingerprint density at radius 2 is 1.87 bits per heavy atom. The molecule has 1 N–H and O–H groups in total. The molecule has 2 aliphatic rings. The van der Waals surface area contributed by atoms with E-state index in [0.717, 1.165) is 9.87 Å². The number of ether oxygens (including phenoxy) is 3. The molecule has 2 aromatic carbocycles. The van der Waals surface area contributed by atoms with Crippen molar-refractivity contribution in [3.63, 3.8) is 0 Å². The van der Waals surface area contributed by atoms with Crippen LogP contribution < -0.4 is 14.8 Å². The molecule has 10 heteroatoms. The standard InChI is InChI=1S/C21H22N2O7S/c1-14-4-7-16(8-5-14)31(26,27)23-10-2-3-17(23)21(25)28-12-20(24)22-15-6-9-18-19(11-15)30-13-29-18/h4-9,11,17H,2-3,10,12-13H2,1H3,(H,22,24)/t17-/m0/s1. The average molecular weight is 446 g/mol. The van der Waals surface area contributed by atoms with Crippen LogP contribution in [0.2, 0.25) is 0 Å². The fourth-order valence-corrected chi connectivity index (χ4v) is 5.16. The van der Waals surface area contributed by atoms with E-state index < -0.39 is 34.5 Å². The van der Waals surface area contributed by atoms with Crippen molar-refractivity contribution in [2.45, 2.75) is 30.7 Å². The molecule has 1 saturated heterocycles. The van der Waals surface area contributed by atoms with Crippen molar-refractivity contribution in [1.29, 1.82) is 0 Å². The first kappa shape index (κ1) is 21.1. The predicted molar refractivity (Wildman–Crippen MR) is 110 cm³/mol. The van der Waals surface area contributed by atoms with Gasteiger partial charge in [0.25, 0.3) is 5.91 Å². The van der Waals surface area contributed by atoms with Gasteiger partial charge in [0.2, 0.25) is 16.8 Å². The molecule has 0 radical (unpaired) electrons. The summed E-state index contributed by atoms with van der Waals surface area (Å²) >= 11 is 0. The number of hydrogen-bond acceptors (Lipinski definition) is 7. The quantitative estimate of drug-likeness (QED) is 0.676. The molecule has 1 fully saturated rings. The van der Waals surface area contributed by atoms with Gasteiger partial charge in [-0.3, -0.25) is 9.59 Å². The van der Waals surface area contributed by atoms with Gasteiger partial charge in [-0.05, 0) is 44.0 Å². The van der Waals surface area contributed by atoms with Crippen LogP contribution in [0.25, 0.3) is 0 Å². The lowest BCUT2D eigenvalue weighted by molar-refractivity contribution is -0.150. The molecular weight excluding hydrogens is 424 g/mol. The molecule has 31 heavy (non-hydrogen) atoms. The summed E-state index contributed by atoms with van der Waals surface area (Å²) in [7, 11) is -3.84. The van der Waals surface area contributed by atoms with Gasteiger partial charge in [0.15, 0.2) is 18.1 Å². The van der Waals surface area contributed by atoms with Crippen LogP contribution in [0.1, 0.15) is 18.4 Å². The maximum absolute atomic E-state index is 12.9. The van der Waals surface area contributed by atoms with Crippen LogP contribution in [0.5, 0.6) is 11.5 Å². The lowest BCUT2D eigenvalue weighted by Gasteiger charge is -2.22. The van der Waals surface area contributed by atoms with Crippen LogP contribution >= 0.6 is 0 Å². The Labute approximate surface area is 179 Å². The smallest absolute Gasteiger partial charge is 0.324 e. The Morgan fingerprint density at radius 1 is 1.13 bits per heavy atom. The largest absolute Gasteiger partial charge is 0.454 e. The molecule has 0 aliphatic carbocycles. The van der Waals surface area contributed by atoms with Crippen LogP contribution in [0.15, 0.2) is 47.4 Å². The van der Waals surface area contributed by atoms with Crippen LogP contribution in [0.3, 0.4) is 0 Å². The Kier molecular flexibility index (Phi) is 5.84. The number of benzene rings is 2. The minimum Gasteiger partial charge on any atom is -0.454 e. The number of carbonyl (C=O) groups excluding carboxylic acids is 2. The molecular formula is C21H22N2O7S. The van der Waals surface area contributed by atoms with Crippen molar-refractivity contribution in [3.8, 4) is 11.5 Å². The van der Waals surface area contributed by atoms with E-state index in [1.165, 1.54) is 12.1 Å². The van der Waals surface area contributed by atoms with Crippen molar-refractivity contribution in [2.24, 2.45) is 0 Å². The van der Waals surface area contributed by atoms with Gasteiger partial charge in [-0.1, -0.05) is 17.7 Å². The zero-order valence-corrected chi connectivity index (χ0v) is 17.7. The summed E-state index contributed by atoms with van der Waals surface area (Å²) in [5, 5.41) is 2.61. The summed E-state index contributed by atoms with van der Waals surface area (Å²) in [6.45, 7) is 1.68. The molecule has 1 amide bonds. The number of sulfonamides is 1. The summed E-state index contributed by atoms with van der Waals surface area (Å²) in [6, 6.07) is 10.4. The molecule has 0 saturated carbocycles. The van der Waals surface area contributed by atoms with Gasteiger partial charge in [0.05, 0.1) is 4.90 Å². The topological polar surface area (TPSA) is 111 Å². The van der Waals surface area contributed by atoms with Gasteiger partial charge in [-0.15, -0.1) is 0 Å². The number of rotatable bonds is 6. The number of nitrogens with one attached hydrogen (secondary N) is 1. The van der Waals surface area contributed by atoms with E-state index in [-0.39, 0.29) is 18.2 Å². The SMILES string of the molecule is Cc1ccc(S(=O)(=O)N2CCC[C@H]2C(=O)OCC(=O)Nc2ccc3c(c2)OCO3)cc1. The van der Waals surface area contributed by atoms with Crippen molar-refractivity contribution in [1.82, 2.24) is 4.31 Å². The number of fused-ring (bicyclic) bond motifs is 1. The number of esters is 1. The molecule has 0 unspecified atom stereocenters. The van der Waals surface area contributed by atoms with Crippen molar-refractivity contribution in [2.75, 3.05) is 25.3 Å². The van der Waals surface area contributed by atoms with E-state index in [0.29, 0.717) is 30.0 Å². The molecule has 2 heterocycles. The first-order valence-corrected chi connectivity index (χ1v) is 11.2. The number of aryl methyl sites for hydroxylation is 1. The fourth-order valence-electron chi connectivity index (χ4n) is 3.51. The number of hydrogen-bond donors (Lipinski definition) is 1. The Hall–Kier alpha value is -3.11. The maximum atomic E-state index is 12.9. The number of carbonyl (C=O) groups is 2. The van der Waals surface area contributed by atoms with Crippen molar-refractivity contribution < 1.29 is 32.2 Å². The molecule has 164 valence electrons. The second-order valence-electron chi connectivity index (χ2n) is 7.31. The Bertz CT molecular complexity index is 1100. The molecule has 0 aromatic heterocycles. The number of nitrogens with zero attached hydrogens (tertiary/aromatic N) is 1. The first-order valence-electron chi connectivity index (χ1n) is 9.79. The Balaban J connectivity index is 1.36. The summed E-state index contributed by atoms with van der Waals surface area (Å²) in [5.41, 5.74) is 1.40. The summed E-state index contributed by atoms with van der Waals surface area (Å²) < 4.78 is 42.6. The minimum atomic E-state index is -3.84. The number of anilines is 1. The lowest BCUT2D eigenvalue weighted by atomic mass is 10.2. The second kappa shape index (κ2) is 8.56. The minimum absolute atomic E-state index is 0.119. The normalized spacial score (nSPS) is 18.0. The van der Waals surface area contributed by atoms with Crippen LogP contribution in [-0.2, 0) is 24.3 Å². The third kappa shape index (κ3) is 4.49. The zero-order chi connectivity index (χ0) is 22.0. The van der Waals surface area contributed by atoms with E-state index in [1.807, 2.05) is 6.92 Å². The van der Waals surface area contributed by atoms with Crippen molar-refractivity contribution in [3.05, 3.63) is 48.0 Å². The summed E-state index contributed by atoms with van der Waals surface area (Å²) in [5.74, 6) is -0.189. The third-order valence-electron chi connectivity index (χ3n) is 5.11. The van der Waals surface area contributed by atoms with Gasteiger partial charge >= 0.3 is 5.97 Å². The highest BCUT2D eigenvalue weighted by molar-refractivity contribution is 7.89. The van der Waals surface area contributed by atoms with E-state index in [4.69, 9.17) is 14.2 Å². The average Bonchev–Trinajstić information content (AvgIpc) is 3.42. The molecule has 4 rings (SSSR count). The second-order valence-corrected chi connectivity index (χ2v) is 9.20. The van der Waals surface area contributed by atoms with Gasteiger partial charge < -0.3 is 19.5 Å². The van der Waals surface area contributed by atoms with E-state index in [9.17, 15) is 18.0 Å². The van der Waals surface area contributed by atoms with E-state index in [1.54, 1.807) is 30.3 Å². The molecule has 0 bridgehead atoms. The highest BCUT2D eigenvalue weighted by Crippen LogP contribution is 2.34. The highest BCUT2D eigenvalue weighted by Gasteiger charge is 2.40. The van der Waals surface area contributed by atoms with Crippen LogP contribution in [-0.4, -0.2) is 50.6 Å². The zero-order valence-electron chi connectivity index (χ0n) is 16.9. The van der Waals surface area contributed by atoms with Crippen molar-refractivity contribution >= 4 is 27.6 Å². The third-order valence-corrected chi connectivity index (χ3v) is 7.03. The van der Waals surface area contributed by atoms with Gasteiger partial charge in [-0.25, -0.2) is 8.42 Å². The maximum Gasteiger partial charge on any atom is 0.324 e.